The molecular formula is C29H30N2O5S. The van der Waals surface area contributed by atoms with Crippen LogP contribution in [0, 0.1) is 0 Å². The molecule has 2 unspecified atom stereocenters. The summed E-state index contributed by atoms with van der Waals surface area (Å²) in [5.74, 6) is 1.34. The van der Waals surface area contributed by atoms with E-state index in [1.54, 1.807) is 16.4 Å². The zero-order chi connectivity index (χ0) is 25.8. The first-order chi connectivity index (χ1) is 17.8. The van der Waals surface area contributed by atoms with Crippen molar-refractivity contribution in [2.45, 2.75) is 61.9 Å². The van der Waals surface area contributed by atoms with Crippen molar-refractivity contribution in [2.75, 3.05) is 12.1 Å². The van der Waals surface area contributed by atoms with Crippen molar-refractivity contribution >= 4 is 21.6 Å². The Hall–Kier alpha value is -3.36. The van der Waals surface area contributed by atoms with Gasteiger partial charge in [-0.15, -0.1) is 0 Å². The van der Waals surface area contributed by atoms with Crippen LogP contribution in [0.15, 0.2) is 71.6 Å². The lowest BCUT2D eigenvalue weighted by atomic mass is 9.94. The van der Waals surface area contributed by atoms with Gasteiger partial charge in [-0.25, -0.2) is 8.42 Å². The van der Waals surface area contributed by atoms with Crippen LogP contribution in [0.5, 0.6) is 11.5 Å². The van der Waals surface area contributed by atoms with Gasteiger partial charge in [-0.05, 0) is 92.6 Å². The summed E-state index contributed by atoms with van der Waals surface area (Å²) < 4.78 is 39.0. The van der Waals surface area contributed by atoms with Crippen LogP contribution in [0.25, 0.3) is 11.1 Å². The van der Waals surface area contributed by atoms with Crippen LogP contribution in [-0.4, -0.2) is 37.5 Å². The number of rotatable bonds is 6. The number of amides is 1. The third-order valence-corrected chi connectivity index (χ3v) is 10.0. The van der Waals surface area contributed by atoms with Gasteiger partial charge >= 0.3 is 0 Å². The Kier molecular flexibility index (Phi) is 5.76. The number of nitrogens with zero attached hydrogens (tertiary/aromatic N) is 1. The first kappa shape index (κ1) is 24.0. The minimum Gasteiger partial charge on any atom is -0.454 e. The van der Waals surface area contributed by atoms with Crippen molar-refractivity contribution in [1.29, 1.82) is 0 Å². The number of hydrogen-bond acceptors (Lipinski definition) is 5. The Bertz CT molecular complexity index is 1450. The van der Waals surface area contributed by atoms with Gasteiger partial charge in [-0.2, -0.15) is 4.31 Å². The quantitative estimate of drug-likeness (QED) is 0.478. The van der Waals surface area contributed by atoms with E-state index in [1.807, 2.05) is 68.4 Å². The number of carbonyl (C=O) groups excluding carboxylic acids is 1. The Morgan fingerprint density at radius 1 is 0.892 bits per heavy atom. The minimum absolute atomic E-state index is 0.00685. The summed E-state index contributed by atoms with van der Waals surface area (Å²) in [4.78, 5) is 13.6. The molecule has 3 aliphatic rings. The van der Waals surface area contributed by atoms with E-state index in [1.165, 1.54) is 0 Å². The van der Waals surface area contributed by atoms with E-state index >= 15 is 0 Å². The van der Waals surface area contributed by atoms with Crippen LogP contribution in [0.1, 0.15) is 45.1 Å². The van der Waals surface area contributed by atoms with Crippen LogP contribution in [0.3, 0.4) is 0 Å². The largest absolute Gasteiger partial charge is 0.454 e. The summed E-state index contributed by atoms with van der Waals surface area (Å²) in [5.41, 5.74) is 2.86. The van der Waals surface area contributed by atoms with E-state index in [2.05, 4.69) is 5.32 Å². The molecule has 8 heteroatoms. The molecule has 2 aliphatic heterocycles. The molecule has 1 aliphatic carbocycles. The van der Waals surface area contributed by atoms with E-state index in [0.29, 0.717) is 22.1 Å². The lowest BCUT2D eigenvalue weighted by Gasteiger charge is -2.25. The van der Waals surface area contributed by atoms with E-state index in [0.717, 1.165) is 42.4 Å². The predicted octanol–water partition coefficient (Wildman–Crippen LogP) is 5.31. The number of ether oxygens (including phenoxy) is 2. The lowest BCUT2D eigenvalue weighted by molar-refractivity contribution is -0.118. The standard InChI is InChI=1S/C29H30N2O5S/c1-19-6-7-20(2)31(19)37(33,34)25-11-8-21(9-12-25)22-4-3-5-24(16-22)30-28(32)29(14-15-29)23-10-13-26-27(17-23)36-18-35-26/h3-5,8-13,16-17,19-20H,6-7,14-15,18H2,1-2H3,(H,30,32). The molecule has 192 valence electrons. The smallest absolute Gasteiger partial charge is 0.243 e. The second-order valence-corrected chi connectivity index (χ2v) is 12.2. The van der Waals surface area contributed by atoms with Gasteiger partial charge in [-0.3, -0.25) is 4.79 Å². The molecule has 0 radical (unpaired) electrons. The van der Waals surface area contributed by atoms with Crippen LogP contribution < -0.4 is 14.8 Å². The summed E-state index contributed by atoms with van der Waals surface area (Å²) in [6.07, 6.45) is 3.32. The van der Waals surface area contributed by atoms with E-state index in [9.17, 15) is 13.2 Å². The Morgan fingerprint density at radius 2 is 1.59 bits per heavy atom. The van der Waals surface area contributed by atoms with Crippen LogP contribution in [0.2, 0.25) is 0 Å². The van der Waals surface area contributed by atoms with Crippen LogP contribution >= 0.6 is 0 Å². The van der Waals surface area contributed by atoms with Gasteiger partial charge in [0.15, 0.2) is 11.5 Å². The Labute approximate surface area is 217 Å². The highest BCUT2D eigenvalue weighted by Gasteiger charge is 2.51. The Morgan fingerprint density at radius 3 is 2.30 bits per heavy atom. The third kappa shape index (κ3) is 4.18. The van der Waals surface area contributed by atoms with Crippen molar-refractivity contribution in [2.24, 2.45) is 0 Å². The average Bonchev–Trinajstić information content (AvgIpc) is 3.45. The molecule has 6 rings (SSSR count). The molecule has 1 saturated heterocycles. The predicted molar refractivity (Wildman–Crippen MR) is 141 cm³/mol. The summed E-state index contributed by atoms with van der Waals surface area (Å²) in [7, 11) is -3.54. The molecular weight excluding hydrogens is 488 g/mol. The maximum Gasteiger partial charge on any atom is 0.243 e. The highest BCUT2D eigenvalue weighted by molar-refractivity contribution is 7.89. The summed E-state index contributed by atoms with van der Waals surface area (Å²) in [5, 5.41) is 3.09. The normalized spacial score (nSPS) is 22.1. The molecule has 2 fully saturated rings. The molecule has 1 amide bonds. The van der Waals surface area contributed by atoms with E-state index in [4.69, 9.17) is 9.47 Å². The van der Waals surface area contributed by atoms with Gasteiger partial charge < -0.3 is 14.8 Å². The van der Waals surface area contributed by atoms with Gasteiger partial charge in [-0.1, -0.05) is 30.3 Å². The summed E-state index contributed by atoms with van der Waals surface area (Å²) >= 11 is 0. The Balaban J connectivity index is 1.20. The minimum atomic E-state index is -3.54. The molecule has 7 nitrogen and oxygen atoms in total. The summed E-state index contributed by atoms with van der Waals surface area (Å²) in [6.45, 7) is 4.13. The zero-order valence-corrected chi connectivity index (χ0v) is 21.8. The second-order valence-electron chi connectivity index (χ2n) is 10.3. The molecule has 1 saturated carbocycles. The van der Waals surface area contributed by atoms with Gasteiger partial charge in [0.05, 0.1) is 10.3 Å². The van der Waals surface area contributed by atoms with Crippen LogP contribution in [-0.2, 0) is 20.2 Å². The molecule has 3 aromatic rings. The second kappa shape index (κ2) is 8.89. The molecule has 37 heavy (non-hydrogen) atoms. The maximum atomic E-state index is 13.3. The molecule has 2 atom stereocenters. The van der Waals surface area contributed by atoms with Crippen LogP contribution in [0.4, 0.5) is 5.69 Å². The number of nitrogens with one attached hydrogen (secondary N) is 1. The maximum absolute atomic E-state index is 13.3. The highest BCUT2D eigenvalue weighted by Crippen LogP contribution is 2.51. The van der Waals surface area contributed by atoms with Gasteiger partial charge in [0.2, 0.25) is 22.7 Å². The topological polar surface area (TPSA) is 84.9 Å². The SMILES string of the molecule is CC1CCC(C)N1S(=O)(=O)c1ccc(-c2cccc(NC(=O)C3(c4ccc5c(c4)OCO5)CC3)c2)cc1. The van der Waals surface area contributed by atoms with Crippen molar-refractivity contribution in [3.05, 3.63) is 72.3 Å². The molecule has 2 heterocycles. The van der Waals surface area contributed by atoms with Gasteiger partial charge in [0.25, 0.3) is 0 Å². The van der Waals surface area contributed by atoms with E-state index in [-0.39, 0.29) is 24.8 Å². The fourth-order valence-corrected chi connectivity index (χ4v) is 7.46. The molecule has 1 N–H and O–H groups in total. The molecule has 0 spiro atoms. The monoisotopic (exact) mass is 518 g/mol. The zero-order valence-electron chi connectivity index (χ0n) is 20.9. The third-order valence-electron chi connectivity index (χ3n) is 7.86. The fourth-order valence-electron chi connectivity index (χ4n) is 5.58. The number of benzene rings is 3. The first-order valence-corrected chi connectivity index (χ1v) is 14.2. The molecule has 0 aromatic heterocycles. The number of fused-ring (bicyclic) bond motifs is 1. The van der Waals surface area contributed by atoms with Crippen molar-refractivity contribution in [3.8, 4) is 22.6 Å². The number of sulfonamides is 1. The fraction of sp³-hybridized carbons (Fsp3) is 0.345. The lowest BCUT2D eigenvalue weighted by Crippen LogP contribution is -2.38. The van der Waals surface area contributed by atoms with Gasteiger partial charge in [0, 0.05) is 17.8 Å². The van der Waals surface area contributed by atoms with Crippen molar-refractivity contribution in [3.63, 3.8) is 0 Å². The average molecular weight is 519 g/mol. The molecule has 3 aromatic carbocycles. The van der Waals surface area contributed by atoms with Crippen molar-refractivity contribution in [1.82, 2.24) is 4.31 Å². The number of carbonyl (C=O) groups is 1. The summed E-state index contributed by atoms with van der Waals surface area (Å²) in [6, 6.07) is 20.4. The number of anilines is 1. The van der Waals surface area contributed by atoms with Gasteiger partial charge in [0.1, 0.15) is 0 Å². The van der Waals surface area contributed by atoms with Crippen molar-refractivity contribution < 1.29 is 22.7 Å². The van der Waals surface area contributed by atoms with E-state index < -0.39 is 15.4 Å². The number of hydrogen-bond donors (Lipinski definition) is 1. The highest BCUT2D eigenvalue weighted by atomic mass is 32.2. The first-order valence-electron chi connectivity index (χ1n) is 12.7. The molecule has 0 bridgehead atoms.